The van der Waals surface area contributed by atoms with Gasteiger partial charge >= 0.3 is 0 Å². The third kappa shape index (κ3) is 4.94. The summed E-state index contributed by atoms with van der Waals surface area (Å²) in [5.74, 6) is 1.76. The lowest BCUT2D eigenvalue weighted by Crippen LogP contribution is -2.00. The van der Waals surface area contributed by atoms with Gasteiger partial charge in [0.1, 0.15) is 22.3 Å². The maximum Gasteiger partial charge on any atom is 0.164 e. The van der Waals surface area contributed by atoms with Crippen molar-refractivity contribution >= 4 is 65.7 Å². The summed E-state index contributed by atoms with van der Waals surface area (Å²) in [6.07, 6.45) is 0. The predicted octanol–water partition coefficient (Wildman–Crippen LogP) is 13.4. The van der Waals surface area contributed by atoms with E-state index in [-0.39, 0.29) is 0 Å². The van der Waals surface area contributed by atoms with E-state index in [2.05, 4.69) is 114 Å². The van der Waals surface area contributed by atoms with E-state index >= 15 is 0 Å². The molecule has 57 heavy (non-hydrogen) atoms. The van der Waals surface area contributed by atoms with Crippen LogP contribution in [0.1, 0.15) is 0 Å². The average Bonchev–Trinajstić information content (AvgIpc) is 3.96. The molecule has 8 aromatic carbocycles. The van der Waals surface area contributed by atoms with Crippen molar-refractivity contribution in [2.45, 2.75) is 0 Å². The Kier molecular flexibility index (Phi) is 6.83. The molecule has 0 radical (unpaired) electrons. The Morgan fingerprint density at radius 2 is 0.895 bits per heavy atom. The summed E-state index contributed by atoms with van der Waals surface area (Å²) >= 11 is 0. The lowest BCUT2D eigenvalue weighted by molar-refractivity contribution is 0.668. The number of benzene rings is 8. The van der Waals surface area contributed by atoms with Gasteiger partial charge in [-0.25, -0.2) is 15.0 Å². The zero-order valence-corrected chi connectivity index (χ0v) is 30.4. The standard InChI is InChI=1S/C51H30N4O2/c1-3-13-31(14-4-1)49-52-50(54-51(53-49)38-20-12-24-46-48(38)37-18-8-10-23-43(37)57-46)33-26-28-45-40(30-33)39-29-32(25-27-44(39)56-45)35-19-11-22-42-47(35)36-17-7-9-21-41(36)55(42)34-15-5-2-6-16-34/h1-30H. The van der Waals surface area contributed by atoms with E-state index in [0.717, 1.165) is 71.8 Å². The van der Waals surface area contributed by atoms with Gasteiger partial charge < -0.3 is 13.4 Å². The van der Waals surface area contributed by atoms with Crippen LogP contribution in [0.5, 0.6) is 0 Å². The molecule has 6 nitrogen and oxygen atoms in total. The Balaban J connectivity index is 1.05. The van der Waals surface area contributed by atoms with Gasteiger partial charge in [0.25, 0.3) is 0 Å². The Hall–Kier alpha value is -7.83. The van der Waals surface area contributed by atoms with Crippen molar-refractivity contribution in [1.82, 2.24) is 19.5 Å². The molecule has 0 atom stereocenters. The number of nitrogens with zero attached hydrogens (tertiary/aromatic N) is 4. The molecule has 0 fully saturated rings. The Morgan fingerprint density at radius 1 is 0.333 bits per heavy atom. The van der Waals surface area contributed by atoms with Crippen molar-refractivity contribution in [3.05, 3.63) is 182 Å². The van der Waals surface area contributed by atoms with E-state index in [1.807, 2.05) is 72.8 Å². The number of hydrogen-bond donors (Lipinski definition) is 0. The van der Waals surface area contributed by atoms with Crippen LogP contribution in [0.25, 0.3) is 117 Å². The van der Waals surface area contributed by atoms with E-state index in [0.29, 0.717) is 17.5 Å². The Labute approximate surface area is 325 Å². The highest BCUT2D eigenvalue weighted by Gasteiger charge is 2.20. The van der Waals surface area contributed by atoms with Gasteiger partial charge in [-0.1, -0.05) is 115 Å². The van der Waals surface area contributed by atoms with Crippen molar-refractivity contribution in [3.63, 3.8) is 0 Å². The predicted molar refractivity (Wildman–Crippen MR) is 230 cm³/mol. The first-order valence-electron chi connectivity index (χ1n) is 19.0. The van der Waals surface area contributed by atoms with Crippen molar-refractivity contribution in [3.8, 4) is 51.0 Å². The van der Waals surface area contributed by atoms with Crippen molar-refractivity contribution in [1.29, 1.82) is 0 Å². The number of fused-ring (bicyclic) bond motifs is 9. The van der Waals surface area contributed by atoms with Gasteiger partial charge in [0.15, 0.2) is 17.5 Å². The van der Waals surface area contributed by atoms with Crippen LogP contribution in [0.3, 0.4) is 0 Å². The fraction of sp³-hybridized carbons (Fsp3) is 0. The second-order valence-electron chi connectivity index (χ2n) is 14.4. The fourth-order valence-corrected chi connectivity index (χ4v) is 8.50. The molecular weight excluding hydrogens is 701 g/mol. The maximum absolute atomic E-state index is 6.45. The van der Waals surface area contributed by atoms with Gasteiger partial charge in [-0.15, -0.1) is 0 Å². The second kappa shape index (κ2) is 12.3. The van der Waals surface area contributed by atoms with E-state index in [9.17, 15) is 0 Å². The van der Waals surface area contributed by atoms with Gasteiger partial charge in [0, 0.05) is 54.7 Å². The van der Waals surface area contributed by atoms with Crippen LogP contribution >= 0.6 is 0 Å². The third-order valence-corrected chi connectivity index (χ3v) is 11.1. The molecule has 12 rings (SSSR count). The second-order valence-corrected chi connectivity index (χ2v) is 14.4. The van der Waals surface area contributed by atoms with Crippen LogP contribution in [0.4, 0.5) is 0 Å². The van der Waals surface area contributed by atoms with Crippen LogP contribution in [-0.2, 0) is 0 Å². The molecule has 0 aliphatic rings. The molecule has 6 heteroatoms. The van der Waals surface area contributed by atoms with Crippen LogP contribution in [0, 0.1) is 0 Å². The van der Waals surface area contributed by atoms with Gasteiger partial charge in [0.2, 0.25) is 0 Å². The lowest BCUT2D eigenvalue weighted by Gasteiger charge is -2.09. The lowest BCUT2D eigenvalue weighted by atomic mass is 9.97. The molecular formula is C51H30N4O2. The average molecular weight is 731 g/mol. The van der Waals surface area contributed by atoms with Crippen molar-refractivity contribution < 1.29 is 8.83 Å². The van der Waals surface area contributed by atoms with E-state index < -0.39 is 0 Å². The molecule has 12 aromatic rings. The zero-order valence-electron chi connectivity index (χ0n) is 30.4. The first-order valence-corrected chi connectivity index (χ1v) is 19.0. The number of furan rings is 2. The molecule has 0 aliphatic heterocycles. The summed E-state index contributed by atoms with van der Waals surface area (Å²) < 4.78 is 15.1. The van der Waals surface area contributed by atoms with Gasteiger partial charge in [-0.2, -0.15) is 0 Å². The summed E-state index contributed by atoms with van der Waals surface area (Å²) in [4.78, 5) is 15.3. The summed E-state index contributed by atoms with van der Waals surface area (Å²) in [5, 5.41) is 6.46. The molecule has 0 spiro atoms. The van der Waals surface area contributed by atoms with Crippen LogP contribution in [-0.4, -0.2) is 19.5 Å². The van der Waals surface area contributed by atoms with E-state index in [1.165, 1.54) is 27.4 Å². The normalized spacial score (nSPS) is 11.9. The van der Waals surface area contributed by atoms with Gasteiger partial charge in [0.05, 0.1) is 11.0 Å². The Morgan fingerprint density at radius 3 is 1.72 bits per heavy atom. The van der Waals surface area contributed by atoms with E-state index in [4.69, 9.17) is 23.8 Å². The number of aromatic nitrogens is 4. The largest absolute Gasteiger partial charge is 0.456 e. The highest BCUT2D eigenvalue weighted by atomic mass is 16.3. The topological polar surface area (TPSA) is 69.9 Å². The molecule has 0 amide bonds. The molecule has 0 saturated carbocycles. The first kappa shape index (κ1) is 31.5. The number of hydrogen-bond acceptors (Lipinski definition) is 5. The van der Waals surface area contributed by atoms with Gasteiger partial charge in [-0.3, -0.25) is 0 Å². The first-order chi connectivity index (χ1) is 28.2. The summed E-state index contributed by atoms with van der Waals surface area (Å²) in [7, 11) is 0. The molecule has 0 saturated heterocycles. The fourth-order valence-electron chi connectivity index (χ4n) is 8.50. The smallest absolute Gasteiger partial charge is 0.164 e. The number of para-hydroxylation sites is 3. The molecule has 0 bridgehead atoms. The summed E-state index contributed by atoms with van der Waals surface area (Å²) in [6, 6.07) is 62.7. The number of rotatable bonds is 5. The minimum Gasteiger partial charge on any atom is -0.456 e. The minimum atomic E-state index is 0.578. The van der Waals surface area contributed by atoms with E-state index in [1.54, 1.807) is 0 Å². The highest BCUT2D eigenvalue weighted by molar-refractivity contribution is 6.17. The van der Waals surface area contributed by atoms with Gasteiger partial charge in [-0.05, 0) is 77.9 Å². The molecule has 0 unspecified atom stereocenters. The molecule has 0 aliphatic carbocycles. The molecule has 4 heterocycles. The molecule has 0 N–H and O–H groups in total. The Bertz CT molecular complexity index is 3530. The quantitative estimate of drug-likeness (QED) is 0.176. The molecule has 4 aromatic heterocycles. The monoisotopic (exact) mass is 730 g/mol. The summed E-state index contributed by atoms with van der Waals surface area (Å²) in [6.45, 7) is 0. The highest BCUT2D eigenvalue weighted by Crippen LogP contribution is 2.41. The third-order valence-electron chi connectivity index (χ3n) is 11.1. The van der Waals surface area contributed by atoms with Crippen LogP contribution in [0.2, 0.25) is 0 Å². The maximum atomic E-state index is 6.45. The molecule has 266 valence electrons. The van der Waals surface area contributed by atoms with Crippen molar-refractivity contribution in [2.24, 2.45) is 0 Å². The zero-order chi connectivity index (χ0) is 37.5. The van der Waals surface area contributed by atoms with Crippen LogP contribution < -0.4 is 0 Å². The minimum absolute atomic E-state index is 0.578. The van der Waals surface area contributed by atoms with Crippen LogP contribution in [0.15, 0.2) is 191 Å². The summed E-state index contributed by atoms with van der Waals surface area (Å²) in [5.41, 5.74) is 11.7. The SMILES string of the molecule is c1ccc(-c2nc(-c3ccc4oc5ccc(-c6cccc7c6c6ccccc6n7-c6ccccc6)cc5c4c3)nc(-c3cccc4oc5ccccc5c34)n2)cc1. The van der Waals surface area contributed by atoms with Crippen molar-refractivity contribution in [2.75, 3.05) is 0 Å².